The number of rotatable bonds is 4. The van der Waals surface area contributed by atoms with Gasteiger partial charge in [-0.2, -0.15) is 0 Å². The van der Waals surface area contributed by atoms with Gasteiger partial charge in [-0.25, -0.2) is 0 Å². The van der Waals surface area contributed by atoms with Gasteiger partial charge in [0.25, 0.3) is 0 Å². The minimum Gasteiger partial charge on any atom is -0.361 e. The molecule has 0 spiro atoms. The first kappa shape index (κ1) is 16.1. The normalized spacial score (nSPS) is 20.9. The third kappa shape index (κ3) is 3.23. The maximum atomic E-state index is 6.08. The Balaban J connectivity index is 1.80. The van der Waals surface area contributed by atoms with Crippen molar-refractivity contribution in [3.8, 4) is 0 Å². The zero-order chi connectivity index (χ0) is 17.1. The van der Waals surface area contributed by atoms with Crippen LogP contribution in [-0.4, -0.2) is 17.7 Å². The van der Waals surface area contributed by atoms with Crippen LogP contribution < -0.4 is 0 Å². The number of ether oxygens (including phenoxy) is 1. The van der Waals surface area contributed by atoms with E-state index in [-0.39, 0.29) is 18.3 Å². The van der Waals surface area contributed by atoms with E-state index in [0.717, 1.165) is 6.61 Å². The Labute approximate surface area is 149 Å². The van der Waals surface area contributed by atoms with E-state index in [2.05, 4.69) is 103 Å². The van der Waals surface area contributed by atoms with Gasteiger partial charge in [0.15, 0.2) is 0 Å². The monoisotopic (exact) mass is 329 g/mol. The molecule has 0 bridgehead atoms. The van der Waals surface area contributed by atoms with Crippen LogP contribution in [0.25, 0.3) is 0 Å². The van der Waals surface area contributed by atoms with E-state index in [0.29, 0.717) is 0 Å². The number of benzene rings is 3. The molecule has 1 fully saturated rings. The average Bonchev–Trinajstić information content (AvgIpc) is 3.06. The van der Waals surface area contributed by atoms with Crippen LogP contribution in [0.1, 0.15) is 35.7 Å². The zero-order valence-electron chi connectivity index (χ0n) is 14.5. The molecule has 0 saturated carbocycles. The largest absolute Gasteiger partial charge is 0.361 e. The van der Waals surface area contributed by atoms with Crippen molar-refractivity contribution >= 4 is 0 Å². The van der Waals surface area contributed by atoms with Crippen molar-refractivity contribution in [2.75, 3.05) is 6.61 Å². The smallest absolute Gasteiger partial charge is 0.109 e. The highest BCUT2D eigenvalue weighted by Gasteiger charge is 2.38. The lowest BCUT2D eigenvalue weighted by Crippen LogP contribution is -2.35. The van der Waals surface area contributed by atoms with Crippen LogP contribution in [0.15, 0.2) is 91.0 Å². The molecule has 2 heteroatoms. The predicted octanol–water partition coefficient (Wildman–Crippen LogP) is 5.20. The van der Waals surface area contributed by atoms with E-state index < -0.39 is 0 Å². The zero-order valence-corrected chi connectivity index (χ0v) is 14.5. The average molecular weight is 329 g/mol. The van der Waals surface area contributed by atoms with Crippen molar-refractivity contribution in [1.29, 1.82) is 0 Å². The summed E-state index contributed by atoms with van der Waals surface area (Å²) < 4.78 is 6.08. The minimum absolute atomic E-state index is 0.0654. The maximum absolute atomic E-state index is 6.08. The summed E-state index contributed by atoms with van der Waals surface area (Å²) in [6.07, 6.45) is 0.0654. The highest BCUT2D eigenvalue weighted by atomic mass is 16.5. The summed E-state index contributed by atoms with van der Waals surface area (Å²) in [5, 5.41) is 0. The van der Waals surface area contributed by atoms with E-state index in [4.69, 9.17) is 4.74 Å². The van der Waals surface area contributed by atoms with E-state index in [1.165, 1.54) is 16.7 Å². The van der Waals surface area contributed by atoms with E-state index in [1.54, 1.807) is 0 Å². The first-order valence-electron chi connectivity index (χ1n) is 8.88. The number of hydrogen-bond donors (Lipinski definition) is 0. The molecule has 0 unspecified atom stereocenters. The number of hydrogen-bond acceptors (Lipinski definition) is 2. The third-order valence-corrected chi connectivity index (χ3v) is 4.99. The Morgan fingerprint density at radius 1 is 0.760 bits per heavy atom. The molecule has 2 nitrogen and oxygen atoms in total. The standard InChI is InChI=1S/C23H23NO/c1-18-24(22(17-25-18)19-11-5-2-6-12-19)23(20-13-7-3-8-14-20)21-15-9-4-10-16-21/h2-16,18,22-23H,17H2,1H3/t18-,22+/m1/s1. The summed E-state index contributed by atoms with van der Waals surface area (Å²) >= 11 is 0. The summed E-state index contributed by atoms with van der Waals surface area (Å²) in [4.78, 5) is 2.50. The van der Waals surface area contributed by atoms with Gasteiger partial charge in [0.1, 0.15) is 6.23 Å². The fraction of sp³-hybridized carbons (Fsp3) is 0.217. The molecule has 2 atom stereocenters. The summed E-state index contributed by atoms with van der Waals surface area (Å²) in [5.74, 6) is 0. The number of nitrogens with zero attached hydrogens (tertiary/aromatic N) is 1. The second-order valence-corrected chi connectivity index (χ2v) is 6.53. The van der Waals surface area contributed by atoms with Gasteiger partial charge in [-0.1, -0.05) is 91.0 Å². The molecule has 1 heterocycles. The lowest BCUT2D eigenvalue weighted by atomic mass is 9.94. The van der Waals surface area contributed by atoms with Crippen LogP contribution in [0, 0.1) is 0 Å². The van der Waals surface area contributed by atoms with Crippen LogP contribution in [0.5, 0.6) is 0 Å². The van der Waals surface area contributed by atoms with E-state index in [1.807, 2.05) is 0 Å². The van der Waals surface area contributed by atoms with E-state index >= 15 is 0 Å². The topological polar surface area (TPSA) is 12.5 Å². The van der Waals surface area contributed by atoms with Crippen molar-refractivity contribution in [3.63, 3.8) is 0 Å². The van der Waals surface area contributed by atoms with Crippen LogP contribution in [0.3, 0.4) is 0 Å². The van der Waals surface area contributed by atoms with Gasteiger partial charge in [0, 0.05) is 0 Å². The lowest BCUT2D eigenvalue weighted by molar-refractivity contribution is 0.0295. The summed E-state index contributed by atoms with van der Waals surface area (Å²) in [5.41, 5.74) is 3.91. The van der Waals surface area contributed by atoms with Crippen molar-refractivity contribution in [3.05, 3.63) is 108 Å². The molecular weight excluding hydrogens is 306 g/mol. The molecule has 4 rings (SSSR count). The Morgan fingerprint density at radius 2 is 1.24 bits per heavy atom. The molecule has 0 radical (unpaired) electrons. The third-order valence-electron chi connectivity index (χ3n) is 4.99. The molecule has 0 aliphatic carbocycles. The fourth-order valence-electron chi connectivity index (χ4n) is 3.80. The van der Waals surface area contributed by atoms with Crippen molar-refractivity contribution in [1.82, 2.24) is 4.90 Å². The molecule has 25 heavy (non-hydrogen) atoms. The first-order valence-corrected chi connectivity index (χ1v) is 8.88. The van der Waals surface area contributed by atoms with Crippen molar-refractivity contribution in [2.24, 2.45) is 0 Å². The fourth-order valence-corrected chi connectivity index (χ4v) is 3.80. The molecule has 1 aliphatic rings. The molecular formula is C23H23NO. The van der Waals surface area contributed by atoms with E-state index in [9.17, 15) is 0 Å². The van der Waals surface area contributed by atoms with Crippen LogP contribution >= 0.6 is 0 Å². The van der Waals surface area contributed by atoms with Gasteiger partial charge < -0.3 is 4.74 Å². The lowest BCUT2D eigenvalue weighted by Gasteiger charge is -2.35. The molecule has 126 valence electrons. The Morgan fingerprint density at radius 3 is 1.76 bits per heavy atom. The SMILES string of the molecule is C[C@H]1OC[C@@H](c2ccccc2)N1C(c1ccccc1)c1ccccc1. The van der Waals surface area contributed by atoms with Crippen LogP contribution in [0.4, 0.5) is 0 Å². The van der Waals surface area contributed by atoms with Crippen molar-refractivity contribution in [2.45, 2.75) is 25.2 Å². The second kappa shape index (κ2) is 7.22. The highest BCUT2D eigenvalue weighted by molar-refractivity contribution is 5.33. The summed E-state index contributed by atoms with van der Waals surface area (Å²) in [6.45, 7) is 2.88. The minimum atomic E-state index is 0.0654. The second-order valence-electron chi connectivity index (χ2n) is 6.53. The highest BCUT2D eigenvalue weighted by Crippen LogP contribution is 2.41. The van der Waals surface area contributed by atoms with Gasteiger partial charge >= 0.3 is 0 Å². The summed E-state index contributed by atoms with van der Waals surface area (Å²) in [6, 6.07) is 32.6. The van der Waals surface area contributed by atoms with Crippen LogP contribution in [-0.2, 0) is 4.74 Å². The molecule has 1 aliphatic heterocycles. The Hall–Kier alpha value is -2.42. The molecule has 3 aromatic rings. The molecule has 0 amide bonds. The summed E-state index contributed by atoms with van der Waals surface area (Å²) in [7, 11) is 0. The molecule has 1 saturated heterocycles. The van der Waals surface area contributed by atoms with Gasteiger partial charge in [0.05, 0.1) is 18.7 Å². The van der Waals surface area contributed by atoms with Crippen molar-refractivity contribution < 1.29 is 4.74 Å². The maximum Gasteiger partial charge on any atom is 0.109 e. The quantitative estimate of drug-likeness (QED) is 0.652. The van der Waals surface area contributed by atoms with Gasteiger partial charge in [-0.3, -0.25) is 4.90 Å². The molecule has 3 aromatic carbocycles. The van der Waals surface area contributed by atoms with Gasteiger partial charge in [-0.15, -0.1) is 0 Å². The first-order chi connectivity index (χ1) is 12.3. The predicted molar refractivity (Wildman–Crippen MR) is 101 cm³/mol. The molecule has 0 aromatic heterocycles. The van der Waals surface area contributed by atoms with Gasteiger partial charge in [0.2, 0.25) is 0 Å². The van der Waals surface area contributed by atoms with Gasteiger partial charge in [-0.05, 0) is 23.6 Å². The molecule has 0 N–H and O–H groups in total. The Kier molecular flexibility index (Phi) is 4.64. The van der Waals surface area contributed by atoms with Crippen LogP contribution in [0.2, 0.25) is 0 Å². The Bertz CT molecular complexity index is 749.